The number of aliphatic carboxylic acids is 1. The predicted octanol–water partition coefficient (Wildman–Crippen LogP) is 3.85. The molecule has 0 radical (unpaired) electrons. The summed E-state index contributed by atoms with van der Waals surface area (Å²) in [6.45, 7) is 4.74. The van der Waals surface area contributed by atoms with E-state index >= 15 is 0 Å². The summed E-state index contributed by atoms with van der Waals surface area (Å²) in [6.07, 6.45) is -3.29. The van der Waals surface area contributed by atoms with Crippen LogP contribution < -0.4 is 0 Å². The van der Waals surface area contributed by atoms with Gasteiger partial charge in [-0.3, -0.25) is 4.90 Å². The molecule has 0 unspecified atom stereocenters. The van der Waals surface area contributed by atoms with Gasteiger partial charge >= 0.3 is 12.1 Å². The number of aromatic nitrogens is 1. The molecule has 0 bridgehead atoms. The van der Waals surface area contributed by atoms with E-state index in [0.29, 0.717) is 4.90 Å². The van der Waals surface area contributed by atoms with E-state index in [1.165, 1.54) is 9.54 Å². The van der Waals surface area contributed by atoms with Crippen LogP contribution in [-0.2, 0) is 27.9 Å². The number of halogens is 3. The summed E-state index contributed by atoms with van der Waals surface area (Å²) in [5.74, 6) is -2.76. The Morgan fingerprint density at radius 2 is 1.63 bits per heavy atom. The minimum absolute atomic E-state index is 0.320. The number of alkyl halides is 3. The van der Waals surface area contributed by atoms with Gasteiger partial charge in [-0.05, 0) is 35.9 Å². The summed E-state index contributed by atoms with van der Waals surface area (Å²) in [5, 5.41) is 8.22. The minimum atomic E-state index is -5.08. The van der Waals surface area contributed by atoms with Gasteiger partial charge in [-0.15, -0.1) is 0 Å². The average Bonchev–Trinajstić information content (AvgIpc) is 3.09. The van der Waals surface area contributed by atoms with Crippen LogP contribution >= 0.6 is 0 Å². The fourth-order valence-corrected chi connectivity index (χ4v) is 4.74. The molecule has 0 spiro atoms. The van der Waals surface area contributed by atoms with Gasteiger partial charge in [0.1, 0.15) is 0 Å². The van der Waals surface area contributed by atoms with E-state index in [9.17, 15) is 21.6 Å². The first-order valence-corrected chi connectivity index (χ1v) is 10.4. The predicted molar refractivity (Wildman–Crippen MR) is 104 cm³/mol. The van der Waals surface area contributed by atoms with Gasteiger partial charge in [0.2, 0.25) is 0 Å². The molecule has 30 heavy (non-hydrogen) atoms. The van der Waals surface area contributed by atoms with Crippen molar-refractivity contribution in [2.75, 3.05) is 6.54 Å². The monoisotopic (exact) mass is 440 g/mol. The summed E-state index contributed by atoms with van der Waals surface area (Å²) in [4.78, 5) is 11.5. The topological polar surface area (TPSA) is 79.6 Å². The fraction of sp³-hybridized carbons (Fsp3) is 0.250. The first-order chi connectivity index (χ1) is 14.1. The Labute approximate surface area is 171 Å². The van der Waals surface area contributed by atoms with E-state index in [0.717, 1.165) is 36.1 Å². The van der Waals surface area contributed by atoms with Crippen LogP contribution in [0.2, 0.25) is 0 Å². The van der Waals surface area contributed by atoms with Crippen LogP contribution in [0.5, 0.6) is 0 Å². The van der Waals surface area contributed by atoms with E-state index in [2.05, 4.69) is 17.9 Å². The molecule has 2 aromatic carbocycles. The van der Waals surface area contributed by atoms with Crippen LogP contribution in [-0.4, -0.2) is 41.1 Å². The highest BCUT2D eigenvalue weighted by atomic mass is 32.2. The van der Waals surface area contributed by atoms with Crippen molar-refractivity contribution in [1.29, 1.82) is 0 Å². The molecule has 0 amide bonds. The van der Waals surface area contributed by atoms with Crippen molar-refractivity contribution in [2.45, 2.75) is 31.1 Å². The van der Waals surface area contributed by atoms with E-state index in [-0.39, 0.29) is 0 Å². The third-order valence-corrected chi connectivity index (χ3v) is 6.43. The van der Waals surface area contributed by atoms with Crippen molar-refractivity contribution >= 4 is 26.9 Å². The van der Waals surface area contributed by atoms with Crippen molar-refractivity contribution in [3.05, 3.63) is 65.9 Å². The molecular weight excluding hydrogens is 421 g/mol. The second-order valence-electron chi connectivity index (χ2n) is 6.69. The maximum atomic E-state index is 13.0. The van der Waals surface area contributed by atoms with E-state index < -0.39 is 22.2 Å². The molecule has 3 aromatic rings. The number of rotatable bonds is 3. The molecule has 1 aliphatic heterocycles. The Balaban J connectivity index is 0.000000318. The Kier molecular flexibility index (Phi) is 5.91. The van der Waals surface area contributed by atoms with E-state index in [1.807, 2.05) is 18.2 Å². The van der Waals surface area contributed by atoms with Crippen molar-refractivity contribution in [3.8, 4) is 0 Å². The number of hydrogen-bond donors (Lipinski definition) is 1. The van der Waals surface area contributed by atoms with Crippen LogP contribution in [0.25, 0.3) is 10.9 Å². The second kappa shape index (κ2) is 8.11. The third-order valence-electron chi connectivity index (χ3n) is 4.74. The molecule has 0 aliphatic carbocycles. The molecule has 0 fully saturated rings. The van der Waals surface area contributed by atoms with Gasteiger partial charge in [-0.2, -0.15) is 13.2 Å². The lowest BCUT2D eigenvalue weighted by molar-refractivity contribution is -0.192. The van der Waals surface area contributed by atoms with Crippen molar-refractivity contribution in [1.82, 2.24) is 8.87 Å². The maximum absolute atomic E-state index is 13.0. The largest absolute Gasteiger partial charge is 0.490 e. The fourth-order valence-electron chi connectivity index (χ4n) is 3.33. The lowest BCUT2D eigenvalue weighted by Gasteiger charge is -2.25. The summed E-state index contributed by atoms with van der Waals surface area (Å²) >= 11 is 0. The maximum Gasteiger partial charge on any atom is 0.490 e. The van der Waals surface area contributed by atoms with Crippen LogP contribution in [0.1, 0.15) is 18.1 Å². The Morgan fingerprint density at radius 1 is 1.03 bits per heavy atom. The summed E-state index contributed by atoms with van der Waals surface area (Å²) in [7, 11) is -3.57. The Bertz CT molecular complexity index is 1170. The van der Waals surface area contributed by atoms with Gasteiger partial charge in [-0.1, -0.05) is 37.3 Å². The standard InChI is InChI=1S/C18H18N2O2S.C2HF3O2/c1-2-19-11-14-7-6-10-17-18(14)15(12-19)13-20(17)23(21,22)16-8-4-3-5-9-16;3-2(4,5)1(6)7/h3-10,13H,2,11-12H2,1H3;(H,6,7). The van der Waals surface area contributed by atoms with Gasteiger partial charge in [0, 0.05) is 24.7 Å². The lowest BCUT2D eigenvalue weighted by Crippen LogP contribution is -2.25. The lowest BCUT2D eigenvalue weighted by atomic mass is 10.0. The average molecular weight is 440 g/mol. The van der Waals surface area contributed by atoms with Gasteiger partial charge in [0.05, 0.1) is 10.4 Å². The van der Waals surface area contributed by atoms with Gasteiger partial charge in [-0.25, -0.2) is 17.2 Å². The van der Waals surface area contributed by atoms with Gasteiger partial charge in [0.25, 0.3) is 10.0 Å². The molecule has 1 N–H and O–H groups in total. The molecule has 0 atom stereocenters. The molecule has 0 saturated heterocycles. The molecule has 1 aromatic heterocycles. The highest BCUT2D eigenvalue weighted by Crippen LogP contribution is 2.33. The number of hydrogen-bond acceptors (Lipinski definition) is 4. The SMILES string of the molecule is CCN1Cc2cccc3c2c(cn3S(=O)(=O)c2ccccc2)C1.O=C(O)C(F)(F)F. The molecule has 0 saturated carbocycles. The number of nitrogens with zero attached hydrogens (tertiary/aromatic N) is 2. The smallest absolute Gasteiger partial charge is 0.475 e. The normalized spacial score (nSPS) is 14.3. The van der Waals surface area contributed by atoms with Crippen LogP contribution in [0.4, 0.5) is 13.2 Å². The quantitative estimate of drug-likeness (QED) is 0.669. The number of benzene rings is 2. The van der Waals surface area contributed by atoms with Crippen molar-refractivity contribution in [2.24, 2.45) is 0 Å². The van der Waals surface area contributed by atoms with Gasteiger partial charge in [0.15, 0.2) is 0 Å². The molecular formula is C20H19F3N2O4S. The number of carboxylic acid groups (broad SMARTS) is 1. The Hall–Kier alpha value is -2.85. The molecule has 6 nitrogen and oxygen atoms in total. The van der Waals surface area contributed by atoms with Crippen LogP contribution in [0, 0.1) is 0 Å². The molecule has 10 heteroatoms. The second-order valence-corrected chi connectivity index (χ2v) is 8.50. The minimum Gasteiger partial charge on any atom is -0.475 e. The van der Waals surface area contributed by atoms with Gasteiger partial charge < -0.3 is 5.11 Å². The zero-order valence-corrected chi connectivity index (χ0v) is 16.7. The number of carbonyl (C=O) groups is 1. The summed E-state index contributed by atoms with van der Waals surface area (Å²) in [5.41, 5.74) is 3.06. The van der Waals surface area contributed by atoms with E-state index in [1.54, 1.807) is 30.5 Å². The zero-order chi connectivity index (χ0) is 22.1. The molecule has 1 aliphatic rings. The molecule has 2 heterocycles. The zero-order valence-electron chi connectivity index (χ0n) is 15.9. The highest BCUT2D eigenvalue weighted by Gasteiger charge is 2.38. The third kappa shape index (κ3) is 4.19. The molecule has 160 valence electrons. The summed E-state index contributed by atoms with van der Waals surface area (Å²) in [6, 6.07) is 14.5. The first kappa shape index (κ1) is 21.8. The van der Waals surface area contributed by atoms with E-state index in [4.69, 9.17) is 9.90 Å². The van der Waals surface area contributed by atoms with Crippen molar-refractivity contribution < 1.29 is 31.5 Å². The molecule has 4 rings (SSSR count). The van der Waals surface area contributed by atoms with Crippen LogP contribution in [0.3, 0.4) is 0 Å². The van der Waals surface area contributed by atoms with Crippen molar-refractivity contribution in [3.63, 3.8) is 0 Å². The number of carboxylic acids is 1. The summed E-state index contributed by atoms with van der Waals surface area (Å²) < 4.78 is 59.2. The Morgan fingerprint density at radius 3 is 2.20 bits per heavy atom. The highest BCUT2D eigenvalue weighted by molar-refractivity contribution is 7.90. The van der Waals surface area contributed by atoms with Crippen LogP contribution in [0.15, 0.2) is 59.6 Å². The first-order valence-electron chi connectivity index (χ1n) is 9.00.